The lowest BCUT2D eigenvalue weighted by Crippen LogP contribution is -2.41. The summed E-state index contributed by atoms with van der Waals surface area (Å²) in [6.45, 7) is 7.74. The van der Waals surface area contributed by atoms with Gasteiger partial charge in [-0.3, -0.25) is 5.43 Å². The third kappa shape index (κ3) is 3.10. The first-order chi connectivity index (χ1) is 10.2. The summed E-state index contributed by atoms with van der Waals surface area (Å²) in [6.07, 6.45) is -1.73. The molecule has 3 N–H and O–H groups in total. The molecule has 3 saturated heterocycles. The van der Waals surface area contributed by atoms with Gasteiger partial charge in [0.05, 0.1) is 6.61 Å². The molecule has 124 valence electrons. The van der Waals surface area contributed by atoms with Crippen molar-refractivity contribution in [3.63, 3.8) is 0 Å². The number of hydrogen-bond donors (Lipinski definition) is 2. The SMILES string of the molecule is CC1(C)OCC([C@H]2O[C@@H]3OC(C)(C)O[C@@H]3/C2=N/NC(N)=S)O1. The van der Waals surface area contributed by atoms with Crippen LogP contribution in [-0.4, -0.2) is 53.6 Å². The fourth-order valence-electron chi connectivity index (χ4n) is 2.80. The molecule has 3 aliphatic heterocycles. The second-order valence-electron chi connectivity index (χ2n) is 6.36. The number of nitrogens with one attached hydrogen (secondary N) is 1. The lowest BCUT2D eigenvalue weighted by atomic mass is 10.1. The van der Waals surface area contributed by atoms with E-state index in [1.165, 1.54) is 0 Å². The second kappa shape index (κ2) is 5.36. The van der Waals surface area contributed by atoms with Gasteiger partial charge >= 0.3 is 0 Å². The molecule has 0 aromatic rings. The van der Waals surface area contributed by atoms with E-state index in [1.807, 2.05) is 27.7 Å². The Morgan fingerprint density at radius 2 is 1.91 bits per heavy atom. The van der Waals surface area contributed by atoms with Gasteiger partial charge in [-0.25, -0.2) is 0 Å². The number of ether oxygens (including phenoxy) is 5. The van der Waals surface area contributed by atoms with Crippen LogP contribution >= 0.6 is 12.2 Å². The molecule has 3 aliphatic rings. The van der Waals surface area contributed by atoms with Crippen molar-refractivity contribution in [3.8, 4) is 0 Å². The Morgan fingerprint density at radius 3 is 2.50 bits per heavy atom. The zero-order chi connectivity index (χ0) is 16.1. The molecule has 3 heterocycles. The van der Waals surface area contributed by atoms with Crippen molar-refractivity contribution in [2.75, 3.05) is 6.61 Å². The number of hydrazone groups is 1. The van der Waals surface area contributed by atoms with Crippen molar-refractivity contribution in [2.24, 2.45) is 10.8 Å². The van der Waals surface area contributed by atoms with Crippen molar-refractivity contribution in [2.45, 2.75) is 63.9 Å². The lowest BCUT2D eigenvalue weighted by Gasteiger charge is -2.24. The number of rotatable bonds is 2. The molecule has 8 nitrogen and oxygen atoms in total. The van der Waals surface area contributed by atoms with Crippen molar-refractivity contribution in [1.82, 2.24) is 5.43 Å². The fourth-order valence-corrected chi connectivity index (χ4v) is 2.84. The summed E-state index contributed by atoms with van der Waals surface area (Å²) in [5.41, 5.74) is 8.64. The number of fused-ring (bicyclic) bond motifs is 1. The van der Waals surface area contributed by atoms with Crippen molar-refractivity contribution in [1.29, 1.82) is 0 Å². The molecule has 0 aromatic carbocycles. The number of nitrogens with two attached hydrogens (primary N) is 1. The molecular weight excluding hydrogens is 310 g/mol. The predicted octanol–water partition coefficient (Wildman–Crippen LogP) is 0.204. The van der Waals surface area contributed by atoms with Crippen LogP contribution in [0.5, 0.6) is 0 Å². The van der Waals surface area contributed by atoms with Crippen LogP contribution in [0.25, 0.3) is 0 Å². The van der Waals surface area contributed by atoms with E-state index in [4.69, 9.17) is 41.6 Å². The zero-order valence-corrected chi connectivity index (χ0v) is 13.8. The molecule has 0 bridgehead atoms. The average molecular weight is 331 g/mol. The first-order valence-corrected chi connectivity index (χ1v) is 7.53. The summed E-state index contributed by atoms with van der Waals surface area (Å²) in [4.78, 5) is 0. The standard InChI is InChI=1S/C13H21N3O5S/c1-12(2)17-5-6(19-12)8-7(15-16-11(14)22)9-10(18-8)21-13(3,4)20-9/h6,8-10H,5H2,1-4H3,(H3,14,16,22)/b15-7+/t6?,8-,9-,10-/m1/s1. The molecule has 3 fully saturated rings. The normalized spacial score (nSPS) is 40.8. The summed E-state index contributed by atoms with van der Waals surface area (Å²) in [5.74, 6) is -1.40. The molecule has 22 heavy (non-hydrogen) atoms. The largest absolute Gasteiger partial charge is 0.375 e. The highest BCUT2D eigenvalue weighted by Gasteiger charge is 2.56. The summed E-state index contributed by atoms with van der Waals surface area (Å²) in [7, 11) is 0. The third-order valence-electron chi connectivity index (χ3n) is 3.58. The maximum Gasteiger partial charge on any atom is 0.193 e. The Kier molecular flexibility index (Phi) is 3.91. The molecule has 4 atom stereocenters. The summed E-state index contributed by atoms with van der Waals surface area (Å²) in [5, 5.41) is 4.31. The molecule has 0 spiro atoms. The first kappa shape index (κ1) is 16.0. The van der Waals surface area contributed by atoms with Gasteiger partial charge in [0.15, 0.2) is 29.1 Å². The predicted molar refractivity (Wildman–Crippen MR) is 81.0 cm³/mol. The van der Waals surface area contributed by atoms with E-state index < -0.39 is 30.1 Å². The Hall–Kier alpha value is -0.840. The van der Waals surface area contributed by atoms with E-state index in [0.717, 1.165) is 0 Å². The van der Waals surface area contributed by atoms with Crippen molar-refractivity contribution < 1.29 is 23.7 Å². The minimum atomic E-state index is -0.739. The number of nitrogens with zero attached hydrogens (tertiary/aromatic N) is 1. The van der Waals surface area contributed by atoms with Crippen LogP contribution in [0.4, 0.5) is 0 Å². The Labute approximate surface area is 134 Å². The van der Waals surface area contributed by atoms with Gasteiger partial charge in [0.1, 0.15) is 17.9 Å². The van der Waals surface area contributed by atoms with Gasteiger partial charge in [0, 0.05) is 0 Å². The second-order valence-corrected chi connectivity index (χ2v) is 6.80. The number of thiocarbonyl (C=S) groups is 1. The Balaban J connectivity index is 1.81. The highest BCUT2D eigenvalue weighted by molar-refractivity contribution is 7.80. The monoisotopic (exact) mass is 331 g/mol. The molecule has 0 amide bonds. The van der Waals surface area contributed by atoms with E-state index in [-0.39, 0.29) is 11.2 Å². The molecule has 0 aliphatic carbocycles. The van der Waals surface area contributed by atoms with Crippen LogP contribution in [0, 0.1) is 0 Å². The van der Waals surface area contributed by atoms with Crippen LogP contribution in [0.2, 0.25) is 0 Å². The highest BCUT2D eigenvalue weighted by atomic mass is 32.1. The van der Waals surface area contributed by atoms with E-state index in [1.54, 1.807) is 0 Å². The molecule has 0 saturated carbocycles. The third-order valence-corrected chi connectivity index (χ3v) is 3.68. The molecule has 0 radical (unpaired) electrons. The maximum absolute atomic E-state index is 5.94. The van der Waals surface area contributed by atoms with Crippen molar-refractivity contribution in [3.05, 3.63) is 0 Å². The molecule has 0 aromatic heterocycles. The smallest absolute Gasteiger partial charge is 0.193 e. The van der Waals surface area contributed by atoms with Gasteiger partial charge in [0.25, 0.3) is 0 Å². The highest BCUT2D eigenvalue weighted by Crippen LogP contribution is 2.39. The van der Waals surface area contributed by atoms with Crippen LogP contribution in [0.1, 0.15) is 27.7 Å². The summed E-state index contributed by atoms with van der Waals surface area (Å²) in [6, 6.07) is 0. The van der Waals surface area contributed by atoms with E-state index in [9.17, 15) is 0 Å². The minimum absolute atomic E-state index is 0.0665. The van der Waals surface area contributed by atoms with Crippen LogP contribution in [-0.2, 0) is 23.7 Å². The Morgan fingerprint density at radius 1 is 1.18 bits per heavy atom. The maximum atomic E-state index is 5.94. The van der Waals surface area contributed by atoms with Gasteiger partial charge in [-0.15, -0.1) is 0 Å². The quantitative estimate of drug-likeness (QED) is 0.547. The van der Waals surface area contributed by atoms with Gasteiger partial charge in [0.2, 0.25) is 0 Å². The Bertz CT molecular complexity index is 510. The molecule has 3 rings (SSSR count). The number of hydrogen-bond acceptors (Lipinski definition) is 7. The lowest BCUT2D eigenvalue weighted by molar-refractivity contribution is -0.211. The average Bonchev–Trinajstić information content (AvgIpc) is 2.96. The van der Waals surface area contributed by atoms with Gasteiger partial charge in [-0.05, 0) is 39.9 Å². The minimum Gasteiger partial charge on any atom is -0.375 e. The van der Waals surface area contributed by atoms with Crippen LogP contribution < -0.4 is 11.2 Å². The van der Waals surface area contributed by atoms with Gasteiger partial charge < -0.3 is 29.4 Å². The molecular formula is C13H21N3O5S. The van der Waals surface area contributed by atoms with Gasteiger partial charge in [-0.2, -0.15) is 5.10 Å². The van der Waals surface area contributed by atoms with E-state index >= 15 is 0 Å². The summed E-state index contributed by atoms with van der Waals surface area (Å²) >= 11 is 4.80. The van der Waals surface area contributed by atoms with Crippen LogP contribution in [0.3, 0.4) is 0 Å². The zero-order valence-electron chi connectivity index (χ0n) is 13.0. The topological polar surface area (TPSA) is 96.6 Å². The summed E-state index contributed by atoms with van der Waals surface area (Å²) < 4.78 is 29.0. The molecule has 9 heteroatoms. The van der Waals surface area contributed by atoms with Crippen LogP contribution in [0.15, 0.2) is 5.10 Å². The van der Waals surface area contributed by atoms with E-state index in [0.29, 0.717) is 12.3 Å². The molecule has 1 unspecified atom stereocenters. The fraction of sp³-hybridized carbons (Fsp3) is 0.846. The van der Waals surface area contributed by atoms with E-state index in [2.05, 4.69) is 10.5 Å². The van der Waals surface area contributed by atoms with Crippen molar-refractivity contribution >= 4 is 23.0 Å². The first-order valence-electron chi connectivity index (χ1n) is 7.13. The van der Waals surface area contributed by atoms with Gasteiger partial charge in [-0.1, -0.05) is 0 Å².